The molecule has 202 valence electrons. The highest BCUT2D eigenvalue weighted by atomic mass is 32.2. The van der Waals surface area contributed by atoms with Crippen molar-refractivity contribution in [3.63, 3.8) is 0 Å². The molecule has 0 saturated heterocycles. The van der Waals surface area contributed by atoms with Crippen LogP contribution in [0.3, 0.4) is 0 Å². The Morgan fingerprint density at radius 2 is 1.55 bits per heavy atom. The summed E-state index contributed by atoms with van der Waals surface area (Å²) in [7, 11) is 2.64. The summed E-state index contributed by atoms with van der Waals surface area (Å²) < 4.78 is 3.97. The van der Waals surface area contributed by atoms with Gasteiger partial charge in [0.15, 0.2) is 5.78 Å². The highest BCUT2D eigenvalue weighted by molar-refractivity contribution is 8.27. The Morgan fingerprint density at radius 1 is 0.974 bits per heavy atom. The van der Waals surface area contributed by atoms with Crippen LogP contribution >= 0.6 is 11.1 Å². The number of likely N-dealkylation sites (N-methyl/N-ethyl adjacent to an activating group) is 1. The van der Waals surface area contributed by atoms with Crippen LogP contribution < -0.4 is 15.4 Å². The van der Waals surface area contributed by atoms with Crippen molar-refractivity contribution < 1.29 is 28.2 Å². The van der Waals surface area contributed by atoms with Crippen LogP contribution in [0.15, 0.2) is 60.7 Å². The van der Waals surface area contributed by atoms with Gasteiger partial charge in [-0.05, 0) is 11.1 Å². The molecule has 0 aliphatic heterocycles. The van der Waals surface area contributed by atoms with Crippen molar-refractivity contribution in [3.8, 4) is 0 Å². The summed E-state index contributed by atoms with van der Waals surface area (Å²) in [6.07, 6.45) is 0.714. The quantitative estimate of drug-likeness (QED) is 0.150. The van der Waals surface area contributed by atoms with Gasteiger partial charge in [-0.1, -0.05) is 71.7 Å². The molecule has 38 heavy (non-hydrogen) atoms. The maximum atomic E-state index is 13.6. The Labute approximate surface area is 227 Å². The van der Waals surface area contributed by atoms with E-state index in [2.05, 4.69) is 15.4 Å². The minimum Gasteiger partial charge on any atom is -0.357 e. The van der Waals surface area contributed by atoms with Gasteiger partial charge in [-0.2, -0.15) is 0 Å². The lowest BCUT2D eigenvalue weighted by molar-refractivity contribution is -0.431. The van der Waals surface area contributed by atoms with E-state index in [4.69, 9.17) is 5.41 Å². The number of carbonyl (C=O) groups excluding carboxylic acids is 5. The molecule has 0 fully saturated rings. The van der Waals surface area contributed by atoms with Gasteiger partial charge in [0.25, 0.3) is 5.91 Å². The third-order valence-corrected chi connectivity index (χ3v) is 8.60. The Bertz CT molecular complexity index is 1180. The van der Waals surface area contributed by atoms with Crippen LogP contribution in [0.1, 0.15) is 30.9 Å². The predicted molar refractivity (Wildman–Crippen MR) is 150 cm³/mol. The number of amides is 4. The van der Waals surface area contributed by atoms with Crippen molar-refractivity contribution in [2.45, 2.75) is 44.0 Å². The lowest BCUT2D eigenvalue weighted by Gasteiger charge is -2.24. The van der Waals surface area contributed by atoms with Gasteiger partial charge in [0.05, 0.1) is 6.21 Å². The lowest BCUT2D eigenvalue weighted by atomic mass is 10.0. The second kappa shape index (κ2) is 15.5. The topological polar surface area (TPSA) is 148 Å². The zero-order valence-electron chi connectivity index (χ0n) is 21.5. The fraction of sp³-hybridized carbons (Fsp3) is 0.308. The van der Waals surface area contributed by atoms with Crippen molar-refractivity contribution >= 4 is 56.1 Å². The van der Waals surface area contributed by atoms with E-state index in [9.17, 15) is 24.0 Å². The van der Waals surface area contributed by atoms with Gasteiger partial charge >= 0.3 is 15.3 Å². The fourth-order valence-corrected chi connectivity index (χ4v) is 6.26. The van der Waals surface area contributed by atoms with Crippen LogP contribution in [-0.4, -0.2) is 68.3 Å². The molecule has 0 saturated carbocycles. The first-order valence-corrected chi connectivity index (χ1v) is 14.1. The SMILES string of the molecule is CNC(=O)[C@H](Cc1ccccc1)NC(=O)[C@H](CCC(=O)C=N)[N+](=[SiH2])C(=O)[SH](Cc1ccccc1)NC(C)=O. The zero-order valence-corrected chi connectivity index (χ0v) is 23.8. The molecule has 3 atom stereocenters. The highest BCUT2D eigenvalue weighted by Gasteiger charge is 2.36. The third kappa shape index (κ3) is 9.60. The van der Waals surface area contributed by atoms with E-state index in [0.717, 1.165) is 11.1 Å². The van der Waals surface area contributed by atoms with Gasteiger partial charge < -0.3 is 20.8 Å². The highest BCUT2D eigenvalue weighted by Crippen LogP contribution is 2.29. The number of ketones is 1. The standard InChI is InChI=1S/C26H33N5O5SSi/c1-18(32)30-37(17-20-11-7-4-8-12-20)26(36)31(38)23(14-13-21(33)16-27)25(35)29-22(24(34)28-2)15-19-9-5-3-6-10-19/h3-12,16,22-23,27,37H,13-15,17,38H2,1-2H3,(H2-,28,29,30,32,34,35)/p+1/t22-,23-/m0/s1. The predicted octanol–water partition coefficient (Wildman–Crippen LogP) is 1.03. The molecule has 1 unspecified atom stereocenters. The molecule has 2 rings (SSSR count). The van der Waals surface area contributed by atoms with E-state index in [1.807, 2.05) is 60.7 Å². The summed E-state index contributed by atoms with van der Waals surface area (Å²) >= 11 is -1.73. The Balaban J connectivity index is 2.31. The summed E-state index contributed by atoms with van der Waals surface area (Å²) in [5.74, 6) is -1.61. The molecule has 0 radical (unpaired) electrons. The van der Waals surface area contributed by atoms with E-state index in [1.54, 1.807) is 0 Å². The first-order chi connectivity index (χ1) is 18.2. The number of hydrogen-bond acceptors (Lipinski definition) is 6. The second-order valence-corrected chi connectivity index (χ2v) is 11.0. The minimum absolute atomic E-state index is 0.0460. The number of Topliss-reactive ketones (excluding diaryl/α,β-unsaturated/α-hetero) is 1. The van der Waals surface area contributed by atoms with E-state index >= 15 is 0 Å². The normalized spacial score (nSPS) is 13.3. The molecule has 0 bridgehead atoms. The maximum absolute atomic E-state index is 13.6. The van der Waals surface area contributed by atoms with Gasteiger partial charge in [0.2, 0.25) is 17.9 Å². The molecule has 0 spiro atoms. The van der Waals surface area contributed by atoms with Crippen molar-refractivity contribution in [2.75, 3.05) is 7.05 Å². The first kappa shape index (κ1) is 30.5. The molecule has 10 nitrogen and oxygen atoms in total. The molecule has 2 aromatic carbocycles. The van der Waals surface area contributed by atoms with Gasteiger partial charge in [0.1, 0.15) is 6.04 Å². The van der Waals surface area contributed by atoms with E-state index in [1.165, 1.54) is 28.2 Å². The fourth-order valence-electron chi connectivity index (χ4n) is 3.68. The number of thiol groups is 1. The summed E-state index contributed by atoms with van der Waals surface area (Å²) in [5.41, 5.74) is 1.68. The number of hydrogen-bond donors (Lipinski definition) is 5. The largest absolute Gasteiger partial charge is 0.425 e. The molecular formula is C26H34N5O5SSi+. The van der Waals surface area contributed by atoms with Gasteiger partial charge in [0, 0.05) is 39.0 Å². The average molecular weight is 557 g/mol. The smallest absolute Gasteiger partial charge is 0.357 e. The van der Waals surface area contributed by atoms with Gasteiger partial charge in [-0.25, -0.2) is 9.01 Å². The summed E-state index contributed by atoms with van der Waals surface area (Å²) in [6.45, 7) is 1.32. The van der Waals surface area contributed by atoms with Gasteiger partial charge in [-0.3, -0.25) is 19.2 Å². The molecule has 12 heteroatoms. The van der Waals surface area contributed by atoms with Crippen LogP contribution in [0.25, 0.3) is 0 Å². The van der Waals surface area contributed by atoms with Crippen molar-refractivity contribution in [1.82, 2.24) is 15.4 Å². The molecule has 4 N–H and O–H groups in total. The van der Waals surface area contributed by atoms with Crippen LogP contribution in [-0.2, 0) is 31.4 Å². The summed E-state index contributed by atoms with van der Waals surface area (Å²) in [6, 6.07) is 16.4. The summed E-state index contributed by atoms with van der Waals surface area (Å²) in [4.78, 5) is 63.4. The molecular weight excluding hydrogens is 522 g/mol. The minimum atomic E-state index is -1.73. The number of benzene rings is 2. The number of nitrogens with one attached hydrogen (secondary N) is 4. The third-order valence-electron chi connectivity index (χ3n) is 5.62. The average Bonchev–Trinajstić information content (AvgIpc) is 2.92. The monoisotopic (exact) mass is 556 g/mol. The van der Waals surface area contributed by atoms with Gasteiger partial charge in [-0.15, -0.1) is 0 Å². The molecule has 0 aliphatic rings. The zero-order chi connectivity index (χ0) is 28.1. The van der Waals surface area contributed by atoms with Crippen molar-refractivity contribution in [3.05, 3.63) is 71.8 Å². The van der Waals surface area contributed by atoms with E-state index in [0.29, 0.717) is 6.21 Å². The molecule has 4 amide bonds. The van der Waals surface area contributed by atoms with E-state index < -0.39 is 46.0 Å². The first-order valence-electron chi connectivity index (χ1n) is 12.0. The second-order valence-electron chi connectivity index (χ2n) is 8.52. The van der Waals surface area contributed by atoms with E-state index in [-0.39, 0.29) is 30.9 Å². The van der Waals surface area contributed by atoms with Crippen LogP contribution in [0.5, 0.6) is 0 Å². The van der Waals surface area contributed by atoms with Crippen molar-refractivity contribution in [2.24, 2.45) is 0 Å². The molecule has 0 aromatic heterocycles. The Hall–Kier alpha value is -3.77. The Morgan fingerprint density at radius 3 is 2.08 bits per heavy atom. The molecule has 0 heterocycles. The summed E-state index contributed by atoms with van der Waals surface area (Å²) in [5, 5.41) is 12.0. The van der Waals surface area contributed by atoms with Crippen LogP contribution in [0.2, 0.25) is 0 Å². The number of rotatable bonds is 12. The Kier molecular flexibility index (Phi) is 12.4. The van der Waals surface area contributed by atoms with Crippen LogP contribution in [0, 0.1) is 5.41 Å². The number of nitrogens with zero attached hydrogens (tertiary/aromatic N) is 1. The van der Waals surface area contributed by atoms with Crippen LogP contribution in [0.4, 0.5) is 4.79 Å². The lowest BCUT2D eigenvalue weighted by Crippen LogP contribution is -2.53. The number of carbonyl (C=O) groups is 5. The molecule has 2 aromatic rings. The molecule has 0 aliphatic carbocycles. The van der Waals surface area contributed by atoms with Crippen molar-refractivity contribution in [1.29, 1.82) is 5.41 Å². The maximum Gasteiger partial charge on any atom is 0.425 e.